The van der Waals surface area contributed by atoms with Crippen molar-refractivity contribution in [3.63, 3.8) is 0 Å². The average molecular weight is 399 g/mol. The molecule has 1 amide bonds. The molecular formula is C20H22FN5O3. The summed E-state index contributed by atoms with van der Waals surface area (Å²) in [4.78, 5) is 22.5. The minimum atomic E-state index is -0.243. The number of amides is 1. The van der Waals surface area contributed by atoms with Gasteiger partial charge in [0.2, 0.25) is 5.89 Å². The summed E-state index contributed by atoms with van der Waals surface area (Å²) in [5.41, 5.74) is 1.56. The Morgan fingerprint density at radius 1 is 1.21 bits per heavy atom. The Morgan fingerprint density at radius 2 is 2.00 bits per heavy atom. The van der Waals surface area contributed by atoms with Crippen molar-refractivity contribution >= 4 is 11.6 Å². The molecule has 1 aliphatic rings. The molecule has 2 aromatic heterocycles. The maximum absolute atomic E-state index is 14.0. The van der Waals surface area contributed by atoms with E-state index < -0.39 is 0 Å². The van der Waals surface area contributed by atoms with E-state index in [-0.39, 0.29) is 17.4 Å². The number of oxazole rings is 1. The summed E-state index contributed by atoms with van der Waals surface area (Å²) in [6.07, 6.45) is 2.85. The van der Waals surface area contributed by atoms with Crippen molar-refractivity contribution in [1.29, 1.82) is 0 Å². The second kappa shape index (κ2) is 8.44. The van der Waals surface area contributed by atoms with Gasteiger partial charge in [-0.05, 0) is 12.1 Å². The zero-order chi connectivity index (χ0) is 20.2. The predicted octanol–water partition coefficient (Wildman–Crippen LogP) is 2.40. The minimum Gasteiger partial charge on any atom is -0.447 e. The number of para-hydroxylation sites is 1. The van der Waals surface area contributed by atoms with Gasteiger partial charge in [-0.3, -0.25) is 9.69 Å². The van der Waals surface area contributed by atoms with Gasteiger partial charge in [0.1, 0.15) is 24.0 Å². The van der Waals surface area contributed by atoms with Crippen LogP contribution in [0.2, 0.25) is 0 Å². The lowest BCUT2D eigenvalue weighted by atomic mass is 10.2. The fraction of sp³-hybridized carbons (Fsp3) is 0.350. The average Bonchev–Trinajstić information content (AvgIpc) is 3.41. The van der Waals surface area contributed by atoms with Crippen LogP contribution in [0.3, 0.4) is 0 Å². The number of carbonyl (C=O) groups excluding carboxylic acids is 1. The maximum atomic E-state index is 14.0. The number of anilines is 1. The normalized spacial score (nSPS) is 14.9. The van der Waals surface area contributed by atoms with Crippen molar-refractivity contribution < 1.29 is 18.1 Å². The Labute approximate surface area is 167 Å². The largest absolute Gasteiger partial charge is 0.447 e. The van der Waals surface area contributed by atoms with E-state index >= 15 is 0 Å². The van der Waals surface area contributed by atoms with Crippen LogP contribution in [0.4, 0.5) is 10.1 Å². The van der Waals surface area contributed by atoms with Gasteiger partial charge in [0.25, 0.3) is 5.91 Å². The van der Waals surface area contributed by atoms with E-state index in [0.717, 1.165) is 13.1 Å². The first-order valence-corrected chi connectivity index (χ1v) is 9.41. The molecule has 1 aliphatic heterocycles. The summed E-state index contributed by atoms with van der Waals surface area (Å²) in [6, 6.07) is 8.52. The van der Waals surface area contributed by atoms with E-state index in [2.05, 4.69) is 15.0 Å². The van der Waals surface area contributed by atoms with Gasteiger partial charge >= 0.3 is 0 Å². The zero-order valence-electron chi connectivity index (χ0n) is 16.1. The molecule has 0 N–H and O–H groups in total. The summed E-state index contributed by atoms with van der Waals surface area (Å²) >= 11 is 0. The molecule has 0 spiro atoms. The van der Waals surface area contributed by atoms with Gasteiger partial charge in [-0.15, -0.1) is 0 Å². The van der Waals surface area contributed by atoms with Gasteiger partial charge in [-0.2, -0.15) is 0 Å². The Kier molecular flexibility index (Phi) is 5.57. The highest BCUT2D eigenvalue weighted by molar-refractivity contribution is 5.91. The molecule has 0 unspecified atom stereocenters. The molecule has 3 heterocycles. The van der Waals surface area contributed by atoms with Gasteiger partial charge in [-0.1, -0.05) is 17.3 Å². The molecule has 0 saturated carbocycles. The van der Waals surface area contributed by atoms with E-state index in [0.29, 0.717) is 43.5 Å². The lowest BCUT2D eigenvalue weighted by molar-refractivity contribution is 0.0776. The standard InChI is InChI=1S/C20H22FN5O3/c1-24(12-15-6-11-29-23-15)20(27)17-14-28-19(22-17)13-25-7-9-26(10-8-25)18-5-3-2-4-16(18)21/h2-6,11,14H,7-10,12-13H2,1H3. The van der Waals surface area contributed by atoms with Gasteiger partial charge in [0, 0.05) is 39.3 Å². The quantitative estimate of drug-likeness (QED) is 0.630. The molecule has 8 nitrogen and oxygen atoms in total. The van der Waals surface area contributed by atoms with Gasteiger partial charge in [-0.25, -0.2) is 9.37 Å². The fourth-order valence-electron chi connectivity index (χ4n) is 3.36. The molecule has 0 aliphatic carbocycles. The number of aromatic nitrogens is 2. The van der Waals surface area contributed by atoms with Gasteiger partial charge in [0.05, 0.1) is 18.8 Å². The van der Waals surface area contributed by atoms with Crippen molar-refractivity contribution in [1.82, 2.24) is 19.9 Å². The highest BCUT2D eigenvalue weighted by atomic mass is 19.1. The molecule has 0 radical (unpaired) electrons. The van der Waals surface area contributed by atoms with E-state index in [4.69, 9.17) is 8.94 Å². The Morgan fingerprint density at radius 3 is 2.72 bits per heavy atom. The van der Waals surface area contributed by atoms with Gasteiger partial charge in [0.15, 0.2) is 5.69 Å². The highest BCUT2D eigenvalue weighted by Crippen LogP contribution is 2.20. The van der Waals surface area contributed by atoms with Crippen LogP contribution in [-0.4, -0.2) is 59.1 Å². The summed E-state index contributed by atoms with van der Waals surface area (Å²) < 4.78 is 24.2. The van der Waals surface area contributed by atoms with Crippen molar-refractivity contribution in [2.75, 3.05) is 38.1 Å². The third-order valence-electron chi connectivity index (χ3n) is 4.93. The molecule has 9 heteroatoms. The first-order chi connectivity index (χ1) is 14.1. The van der Waals surface area contributed by atoms with E-state index in [1.807, 2.05) is 11.0 Å². The van der Waals surface area contributed by atoms with Crippen molar-refractivity contribution in [3.8, 4) is 0 Å². The Hall–Kier alpha value is -3.20. The zero-order valence-corrected chi connectivity index (χ0v) is 16.1. The number of piperazine rings is 1. The molecule has 1 fully saturated rings. The molecule has 152 valence electrons. The van der Waals surface area contributed by atoms with Crippen LogP contribution in [0, 0.1) is 5.82 Å². The summed E-state index contributed by atoms with van der Waals surface area (Å²) in [5, 5.41) is 3.80. The summed E-state index contributed by atoms with van der Waals surface area (Å²) in [6.45, 7) is 3.78. The van der Waals surface area contributed by atoms with Crippen molar-refractivity contribution in [2.45, 2.75) is 13.1 Å². The van der Waals surface area contributed by atoms with E-state index in [1.54, 1.807) is 25.2 Å². The third kappa shape index (κ3) is 4.45. The summed E-state index contributed by atoms with van der Waals surface area (Å²) in [5.74, 6) is 0.0430. The lowest BCUT2D eigenvalue weighted by Gasteiger charge is -2.35. The number of benzene rings is 1. The second-order valence-electron chi connectivity index (χ2n) is 6.99. The van der Waals surface area contributed by atoms with Crippen LogP contribution in [0.1, 0.15) is 22.1 Å². The van der Waals surface area contributed by atoms with Crippen LogP contribution >= 0.6 is 0 Å². The van der Waals surface area contributed by atoms with Crippen molar-refractivity contribution in [3.05, 3.63) is 66.0 Å². The lowest BCUT2D eigenvalue weighted by Crippen LogP contribution is -2.46. The maximum Gasteiger partial charge on any atom is 0.275 e. The number of carbonyl (C=O) groups is 1. The summed E-state index contributed by atoms with van der Waals surface area (Å²) in [7, 11) is 1.67. The number of rotatable bonds is 6. The second-order valence-corrected chi connectivity index (χ2v) is 6.99. The molecule has 1 aromatic carbocycles. The number of hydrogen-bond donors (Lipinski definition) is 0. The Bertz CT molecular complexity index is 951. The monoisotopic (exact) mass is 399 g/mol. The minimum absolute atomic E-state index is 0.202. The molecule has 0 atom stereocenters. The SMILES string of the molecule is CN(Cc1ccon1)C(=O)c1coc(CN2CCN(c3ccccc3F)CC2)n1. The van der Waals surface area contributed by atoms with E-state index in [9.17, 15) is 9.18 Å². The number of nitrogens with zero attached hydrogens (tertiary/aromatic N) is 5. The molecule has 0 bridgehead atoms. The predicted molar refractivity (Wildman–Crippen MR) is 103 cm³/mol. The van der Waals surface area contributed by atoms with Crippen LogP contribution in [0.25, 0.3) is 0 Å². The van der Waals surface area contributed by atoms with Crippen LogP contribution < -0.4 is 4.90 Å². The first-order valence-electron chi connectivity index (χ1n) is 9.41. The van der Waals surface area contributed by atoms with Crippen LogP contribution in [0.15, 0.2) is 51.8 Å². The molecule has 4 rings (SSSR count). The molecule has 29 heavy (non-hydrogen) atoms. The topological polar surface area (TPSA) is 78.9 Å². The highest BCUT2D eigenvalue weighted by Gasteiger charge is 2.22. The number of halogens is 1. The van der Waals surface area contributed by atoms with Crippen LogP contribution in [-0.2, 0) is 13.1 Å². The molecule has 3 aromatic rings. The third-order valence-corrected chi connectivity index (χ3v) is 4.93. The van der Waals surface area contributed by atoms with Gasteiger partial charge < -0.3 is 18.7 Å². The van der Waals surface area contributed by atoms with Crippen molar-refractivity contribution in [2.24, 2.45) is 0 Å². The molecule has 1 saturated heterocycles. The van der Waals surface area contributed by atoms with Crippen LogP contribution in [0.5, 0.6) is 0 Å². The fourth-order valence-corrected chi connectivity index (χ4v) is 3.36. The number of hydrogen-bond acceptors (Lipinski definition) is 7. The first kappa shape index (κ1) is 19.1. The molecular weight excluding hydrogens is 377 g/mol. The Balaban J connectivity index is 1.30. The van der Waals surface area contributed by atoms with E-state index in [1.165, 1.54) is 23.5 Å². The smallest absolute Gasteiger partial charge is 0.275 e.